The lowest BCUT2D eigenvalue weighted by Crippen LogP contribution is -2.13. The van der Waals surface area contributed by atoms with Gasteiger partial charge in [-0.2, -0.15) is 0 Å². The Balaban J connectivity index is 2.54. The van der Waals surface area contributed by atoms with E-state index in [1.807, 2.05) is 12.1 Å². The summed E-state index contributed by atoms with van der Waals surface area (Å²) in [5.74, 6) is 0.411. The third-order valence-electron chi connectivity index (χ3n) is 2.32. The molecule has 0 radical (unpaired) electrons. The second-order valence-corrected chi connectivity index (χ2v) is 4.11. The van der Waals surface area contributed by atoms with Crippen molar-refractivity contribution in [2.45, 2.75) is 13.3 Å². The van der Waals surface area contributed by atoms with Gasteiger partial charge in [-0.15, -0.1) is 0 Å². The first-order chi connectivity index (χ1) is 7.15. The molecule has 0 aliphatic carbocycles. The fourth-order valence-electron chi connectivity index (χ4n) is 1.30. The molecule has 0 aromatic heterocycles. The summed E-state index contributed by atoms with van der Waals surface area (Å²) in [4.78, 5) is 0. The summed E-state index contributed by atoms with van der Waals surface area (Å²) in [6.45, 7) is 3.07. The number of nitrogens with two attached hydrogens (primary N) is 1. The number of aliphatic hydroxyl groups excluding tert-OH is 1. The predicted octanol–water partition coefficient (Wildman–Crippen LogP) is 2.35. The number of aliphatic hydroxyl groups is 1. The number of hydrogen-bond donors (Lipinski definition) is 3. The first kappa shape index (κ1) is 12.1. The lowest BCUT2D eigenvalue weighted by atomic mass is 10.1. The van der Waals surface area contributed by atoms with Gasteiger partial charge in [-0.1, -0.05) is 24.6 Å². The monoisotopic (exact) mass is 228 g/mol. The number of anilines is 2. The van der Waals surface area contributed by atoms with Crippen LogP contribution in [0.5, 0.6) is 0 Å². The topological polar surface area (TPSA) is 58.3 Å². The normalized spacial score (nSPS) is 12.5. The van der Waals surface area contributed by atoms with Gasteiger partial charge in [-0.05, 0) is 24.5 Å². The lowest BCUT2D eigenvalue weighted by Gasteiger charge is -2.14. The maximum atomic E-state index is 8.76. The van der Waals surface area contributed by atoms with Crippen LogP contribution in [0.25, 0.3) is 0 Å². The van der Waals surface area contributed by atoms with Crippen LogP contribution in [0.3, 0.4) is 0 Å². The van der Waals surface area contributed by atoms with Crippen LogP contribution in [0.2, 0.25) is 5.02 Å². The van der Waals surface area contributed by atoms with E-state index < -0.39 is 0 Å². The smallest absolute Gasteiger partial charge is 0.0739 e. The first-order valence-corrected chi connectivity index (χ1v) is 5.41. The molecule has 4 heteroatoms. The minimum atomic E-state index is 0.216. The SMILES string of the molecule is CC(CCO)CNc1cccc(Cl)c1N. The summed E-state index contributed by atoms with van der Waals surface area (Å²) in [5.41, 5.74) is 7.23. The van der Waals surface area contributed by atoms with Crippen molar-refractivity contribution in [1.29, 1.82) is 0 Å². The van der Waals surface area contributed by atoms with Crippen LogP contribution >= 0.6 is 11.6 Å². The second kappa shape index (κ2) is 5.83. The van der Waals surface area contributed by atoms with Crippen molar-refractivity contribution in [2.24, 2.45) is 5.92 Å². The molecule has 0 aliphatic heterocycles. The molecule has 1 aromatic rings. The second-order valence-electron chi connectivity index (χ2n) is 3.70. The van der Waals surface area contributed by atoms with Crippen molar-refractivity contribution in [1.82, 2.24) is 0 Å². The standard InChI is InChI=1S/C11H17ClN2O/c1-8(5-6-15)7-14-10-4-2-3-9(12)11(10)13/h2-4,8,14-15H,5-7,13H2,1H3. The van der Waals surface area contributed by atoms with Crippen LogP contribution in [0.1, 0.15) is 13.3 Å². The molecule has 0 fully saturated rings. The number of para-hydroxylation sites is 1. The number of rotatable bonds is 5. The van der Waals surface area contributed by atoms with E-state index in [9.17, 15) is 0 Å². The Hall–Kier alpha value is -0.930. The Kier molecular flexibility index (Phi) is 4.72. The van der Waals surface area contributed by atoms with E-state index in [-0.39, 0.29) is 6.61 Å². The minimum absolute atomic E-state index is 0.216. The van der Waals surface area contributed by atoms with Gasteiger partial charge in [0.1, 0.15) is 0 Å². The van der Waals surface area contributed by atoms with Crippen molar-refractivity contribution in [3.8, 4) is 0 Å². The average molecular weight is 229 g/mol. The molecule has 1 unspecified atom stereocenters. The molecular weight excluding hydrogens is 212 g/mol. The molecule has 1 rings (SSSR count). The van der Waals surface area contributed by atoms with Crippen LogP contribution in [-0.4, -0.2) is 18.3 Å². The number of halogens is 1. The van der Waals surface area contributed by atoms with Gasteiger partial charge in [-0.25, -0.2) is 0 Å². The third-order valence-corrected chi connectivity index (χ3v) is 2.65. The highest BCUT2D eigenvalue weighted by Gasteiger charge is 2.04. The molecule has 0 amide bonds. The van der Waals surface area contributed by atoms with Crippen molar-refractivity contribution in [2.75, 3.05) is 24.2 Å². The first-order valence-electron chi connectivity index (χ1n) is 5.04. The molecule has 4 N–H and O–H groups in total. The molecular formula is C11H17ClN2O. The predicted molar refractivity (Wildman–Crippen MR) is 65.2 cm³/mol. The quantitative estimate of drug-likeness (QED) is 0.678. The maximum absolute atomic E-state index is 8.76. The highest BCUT2D eigenvalue weighted by atomic mass is 35.5. The molecule has 0 saturated carbocycles. The van der Waals surface area contributed by atoms with Crippen LogP contribution in [0.15, 0.2) is 18.2 Å². The Morgan fingerprint density at radius 1 is 1.53 bits per heavy atom. The highest BCUT2D eigenvalue weighted by molar-refractivity contribution is 6.33. The minimum Gasteiger partial charge on any atom is -0.396 e. The molecule has 84 valence electrons. The van der Waals surface area contributed by atoms with E-state index >= 15 is 0 Å². The maximum Gasteiger partial charge on any atom is 0.0739 e. The summed E-state index contributed by atoms with van der Waals surface area (Å²) >= 11 is 5.89. The van der Waals surface area contributed by atoms with Gasteiger partial charge in [0.15, 0.2) is 0 Å². The van der Waals surface area contributed by atoms with Crippen molar-refractivity contribution < 1.29 is 5.11 Å². The zero-order valence-corrected chi connectivity index (χ0v) is 9.59. The molecule has 0 spiro atoms. The molecule has 3 nitrogen and oxygen atoms in total. The van der Waals surface area contributed by atoms with E-state index in [2.05, 4.69) is 12.2 Å². The molecule has 1 aromatic carbocycles. The van der Waals surface area contributed by atoms with Gasteiger partial charge in [-0.3, -0.25) is 0 Å². The Morgan fingerprint density at radius 2 is 2.27 bits per heavy atom. The lowest BCUT2D eigenvalue weighted by molar-refractivity contribution is 0.266. The Morgan fingerprint density at radius 3 is 2.93 bits per heavy atom. The number of hydrogen-bond acceptors (Lipinski definition) is 3. The van der Waals surface area contributed by atoms with Gasteiger partial charge < -0.3 is 16.2 Å². The van der Waals surface area contributed by atoms with E-state index in [1.165, 1.54) is 0 Å². The molecule has 0 heterocycles. The summed E-state index contributed by atoms with van der Waals surface area (Å²) in [6.07, 6.45) is 0.785. The van der Waals surface area contributed by atoms with Gasteiger partial charge in [0, 0.05) is 13.2 Å². The van der Waals surface area contributed by atoms with Gasteiger partial charge >= 0.3 is 0 Å². The average Bonchev–Trinajstić information content (AvgIpc) is 2.21. The fourth-order valence-corrected chi connectivity index (χ4v) is 1.47. The van der Waals surface area contributed by atoms with Crippen LogP contribution in [0, 0.1) is 5.92 Å². The number of benzene rings is 1. The zero-order valence-electron chi connectivity index (χ0n) is 8.83. The largest absolute Gasteiger partial charge is 0.396 e. The van der Waals surface area contributed by atoms with Gasteiger partial charge in [0.25, 0.3) is 0 Å². The summed E-state index contributed by atoms with van der Waals surface area (Å²) in [6, 6.07) is 5.52. The molecule has 1 atom stereocenters. The fraction of sp³-hybridized carbons (Fsp3) is 0.455. The third kappa shape index (κ3) is 3.61. The summed E-state index contributed by atoms with van der Waals surface area (Å²) in [7, 11) is 0. The molecule has 0 saturated heterocycles. The van der Waals surface area contributed by atoms with E-state index in [0.29, 0.717) is 16.6 Å². The Labute approximate surface area is 95.2 Å². The molecule has 0 aliphatic rings. The van der Waals surface area contributed by atoms with Crippen molar-refractivity contribution in [3.63, 3.8) is 0 Å². The zero-order chi connectivity index (χ0) is 11.3. The van der Waals surface area contributed by atoms with E-state index in [0.717, 1.165) is 18.7 Å². The Bertz CT molecular complexity index is 317. The molecule has 0 bridgehead atoms. The van der Waals surface area contributed by atoms with E-state index in [1.54, 1.807) is 6.07 Å². The van der Waals surface area contributed by atoms with Gasteiger partial charge in [0.2, 0.25) is 0 Å². The van der Waals surface area contributed by atoms with Crippen LogP contribution < -0.4 is 11.1 Å². The molecule has 15 heavy (non-hydrogen) atoms. The van der Waals surface area contributed by atoms with Gasteiger partial charge in [0.05, 0.1) is 16.4 Å². The number of nitrogen functional groups attached to an aromatic ring is 1. The van der Waals surface area contributed by atoms with Crippen molar-refractivity contribution in [3.05, 3.63) is 23.2 Å². The van der Waals surface area contributed by atoms with E-state index in [4.69, 9.17) is 22.4 Å². The summed E-state index contributed by atoms with van der Waals surface area (Å²) < 4.78 is 0. The highest BCUT2D eigenvalue weighted by Crippen LogP contribution is 2.26. The number of nitrogens with one attached hydrogen (secondary N) is 1. The van der Waals surface area contributed by atoms with Crippen LogP contribution in [-0.2, 0) is 0 Å². The van der Waals surface area contributed by atoms with Crippen molar-refractivity contribution >= 4 is 23.0 Å². The summed E-state index contributed by atoms with van der Waals surface area (Å²) in [5, 5.41) is 12.5. The van der Waals surface area contributed by atoms with Crippen LogP contribution in [0.4, 0.5) is 11.4 Å².